The highest BCUT2D eigenvalue weighted by Crippen LogP contribution is 2.23. The summed E-state index contributed by atoms with van der Waals surface area (Å²) in [6, 6.07) is 10.5. The quantitative estimate of drug-likeness (QED) is 0.526. The molecule has 0 N–H and O–H groups in total. The standard InChI is InChI=1S/C16H17N.C2H6/c1-4-7-15(12-17)16(6-3)14-10-8-13(5-2)9-11-14;1-2/h4,6-11H,1,5H2,2-3H3;1-2H3/b15-7-,16-6-;. The van der Waals surface area contributed by atoms with Crippen molar-refractivity contribution < 1.29 is 0 Å². The van der Waals surface area contributed by atoms with Crippen molar-refractivity contribution in [2.45, 2.75) is 34.1 Å². The van der Waals surface area contributed by atoms with Gasteiger partial charge < -0.3 is 0 Å². The van der Waals surface area contributed by atoms with Gasteiger partial charge >= 0.3 is 0 Å². The van der Waals surface area contributed by atoms with Gasteiger partial charge in [-0.05, 0) is 36.1 Å². The lowest BCUT2D eigenvalue weighted by molar-refractivity contribution is 1.14. The first-order valence-electron chi connectivity index (χ1n) is 6.75. The Balaban J connectivity index is 0.00000154. The molecule has 0 saturated heterocycles. The Labute approximate surface area is 117 Å². The van der Waals surface area contributed by atoms with Crippen molar-refractivity contribution in [1.29, 1.82) is 5.26 Å². The molecule has 1 nitrogen and oxygen atoms in total. The highest BCUT2D eigenvalue weighted by molar-refractivity contribution is 5.83. The monoisotopic (exact) mass is 253 g/mol. The van der Waals surface area contributed by atoms with Crippen molar-refractivity contribution in [3.05, 3.63) is 65.8 Å². The van der Waals surface area contributed by atoms with E-state index in [0.717, 1.165) is 17.6 Å². The zero-order valence-electron chi connectivity index (χ0n) is 12.4. The number of benzene rings is 1. The molecule has 0 atom stereocenters. The van der Waals surface area contributed by atoms with Gasteiger partial charge in [0, 0.05) is 0 Å². The van der Waals surface area contributed by atoms with Gasteiger partial charge in [-0.2, -0.15) is 5.26 Å². The molecule has 1 aromatic carbocycles. The second-order valence-corrected chi connectivity index (χ2v) is 3.68. The third-order valence-electron chi connectivity index (χ3n) is 2.66. The van der Waals surface area contributed by atoms with E-state index < -0.39 is 0 Å². The van der Waals surface area contributed by atoms with Crippen LogP contribution < -0.4 is 0 Å². The predicted molar refractivity (Wildman–Crippen MR) is 84.7 cm³/mol. The Morgan fingerprint density at radius 1 is 1.26 bits per heavy atom. The van der Waals surface area contributed by atoms with Gasteiger partial charge in [0.05, 0.1) is 11.6 Å². The Kier molecular flexibility index (Phi) is 8.83. The van der Waals surface area contributed by atoms with Crippen LogP contribution in [0.25, 0.3) is 5.57 Å². The second-order valence-electron chi connectivity index (χ2n) is 3.68. The lowest BCUT2D eigenvalue weighted by Gasteiger charge is -2.06. The highest BCUT2D eigenvalue weighted by atomic mass is 14.3. The summed E-state index contributed by atoms with van der Waals surface area (Å²) in [4.78, 5) is 0. The first-order chi connectivity index (χ1) is 9.26. The molecule has 19 heavy (non-hydrogen) atoms. The van der Waals surface area contributed by atoms with Crippen molar-refractivity contribution in [1.82, 2.24) is 0 Å². The van der Waals surface area contributed by atoms with Gasteiger partial charge in [-0.15, -0.1) is 0 Å². The minimum atomic E-state index is 0.645. The van der Waals surface area contributed by atoms with Crippen LogP contribution in [0.4, 0.5) is 0 Å². The molecule has 0 radical (unpaired) electrons. The normalized spacial score (nSPS) is 11.1. The van der Waals surface area contributed by atoms with E-state index in [1.807, 2.05) is 26.8 Å². The number of nitriles is 1. The minimum absolute atomic E-state index is 0.645. The van der Waals surface area contributed by atoms with E-state index in [4.69, 9.17) is 5.26 Å². The van der Waals surface area contributed by atoms with Gasteiger partial charge in [-0.3, -0.25) is 0 Å². The fourth-order valence-electron chi connectivity index (χ4n) is 1.70. The second kappa shape index (κ2) is 9.91. The summed E-state index contributed by atoms with van der Waals surface area (Å²) in [6.45, 7) is 11.7. The number of nitrogens with zero attached hydrogens (tertiary/aromatic N) is 1. The summed E-state index contributed by atoms with van der Waals surface area (Å²) >= 11 is 0. The van der Waals surface area contributed by atoms with Crippen LogP contribution in [0.1, 0.15) is 38.8 Å². The maximum atomic E-state index is 9.11. The van der Waals surface area contributed by atoms with Crippen LogP contribution in [0.5, 0.6) is 0 Å². The SMILES string of the molecule is C=C/C=C(C#N)\C(=C/C)c1ccc(CC)cc1.CC. The van der Waals surface area contributed by atoms with E-state index in [9.17, 15) is 0 Å². The lowest BCUT2D eigenvalue weighted by Crippen LogP contribution is -1.89. The van der Waals surface area contributed by atoms with Gasteiger partial charge in [0.1, 0.15) is 0 Å². The first-order valence-corrected chi connectivity index (χ1v) is 6.75. The molecular weight excluding hydrogens is 230 g/mol. The van der Waals surface area contributed by atoms with Crippen molar-refractivity contribution in [2.75, 3.05) is 0 Å². The molecule has 0 unspecified atom stereocenters. The average Bonchev–Trinajstić information content (AvgIpc) is 2.49. The van der Waals surface area contributed by atoms with Crippen LogP contribution in [0.2, 0.25) is 0 Å². The van der Waals surface area contributed by atoms with Gasteiger partial charge in [-0.1, -0.05) is 63.8 Å². The molecule has 0 aromatic heterocycles. The van der Waals surface area contributed by atoms with Crippen molar-refractivity contribution >= 4 is 5.57 Å². The third kappa shape index (κ3) is 4.97. The average molecular weight is 253 g/mol. The first kappa shape index (κ1) is 16.9. The van der Waals surface area contributed by atoms with Crippen LogP contribution in [-0.4, -0.2) is 0 Å². The molecular formula is C18H23N. The fourth-order valence-corrected chi connectivity index (χ4v) is 1.70. The Hall–Kier alpha value is -2.07. The van der Waals surface area contributed by atoms with Crippen LogP contribution in [0.15, 0.2) is 54.6 Å². The van der Waals surface area contributed by atoms with Crippen LogP contribution in [0, 0.1) is 11.3 Å². The zero-order chi connectivity index (χ0) is 14.7. The molecule has 0 aliphatic carbocycles. The molecule has 0 bridgehead atoms. The van der Waals surface area contributed by atoms with E-state index in [-0.39, 0.29) is 0 Å². The van der Waals surface area contributed by atoms with Crippen molar-refractivity contribution in [2.24, 2.45) is 0 Å². The number of aryl methyl sites for hydroxylation is 1. The third-order valence-corrected chi connectivity index (χ3v) is 2.66. The smallest absolute Gasteiger partial charge is 0.0998 e. The summed E-state index contributed by atoms with van der Waals surface area (Å²) in [6.07, 6.45) is 6.37. The van der Waals surface area contributed by atoms with E-state index >= 15 is 0 Å². The molecule has 1 rings (SSSR count). The molecule has 1 aromatic rings. The van der Waals surface area contributed by atoms with Crippen LogP contribution in [-0.2, 0) is 6.42 Å². The fraction of sp³-hybridized carbons (Fsp3) is 0.278. The summed E-state index contributed by atoms with van der Waals surface area (Å²) in [7, 11) is 0. The van der Waals surface area contributed by atoms with Gasteiger partial charge in [0.2, 0.25) is 0 Å². The minimum Gasteiger partial charge on any atom is -0.192 e. The Bertz CT molecular complexity index is 481. The van der Waals surface area contributed by atoms with E-state index in [0.29, 0.717) is 5.57 Å². The maximum Gasteiger partial charge on any atom is 0.0998 e. The number of rotatable bonds is 4. The lowest BCUT2D eigenvalue weighted by atomic mass is 9.97. The van der Waals surface area contributed by atoms with Gasteiger partial charge in [0.15, 0.2) is 0 Å². The van der Waals surface area contributed by atoms with Gasteiger partial charge in [0.25, 0.3) is 0 Å². The topological polar surface area (TPSA) is 23.8 Å². The molecule has 0 fully saturated rings. The molecule has 0 heterocycles. The molecule has 100 valence electrons. The van der Waals surface area contributed by atoms with E-state index in [2.05, 4.69) is 43.8 Å². The largest absolute Gasteiger partial charge is 0.192 e. The zero-order valence-corrected chi connectivity index (χ0v) is 12.4. The molecule has 1 heteroatoms. The summed E-state index contributed by atoms with van der Waals surface area (Å²) in [5.41, 5.74) is 3.97. The summed E-state index contributed by atoms with van der Waals surface area (Å²) in [5.74, 6) is 0. The van der Waals surface area contributed by atoms with Crippen molar-refractivity contribution in [3.63, 3.8) is 0 Å². The van der Waals surface area contributed by atoms with E-state index in [1.54, 1.807) is 12.2 Å². The van der Waals surface area contributed by atoms with Crippen LogP contribution >= 0.6 is 0 Å². The highest BCUT2D eigenvalue weighted by Gasteiger charge is 2.05. The van der Waals surface area contributed by atoms with Gasteiger partial charge in [-0.25, -0.2) is 0 Å². The number of hydrogen-bond acceptors (Lipinski definition) is 1. The maximum absolute atomic E-state index is 9.11. The number of hydrogen-bond donors (Lipinski definition) is 0. The molecule has 0 spiro atoms. The number of allylic oxidation sites excluding steroid dienone is 5. The summed E-state index contributed by atoms with van der Waals surface area (Å²) < 4.78 is 0. The molecule has 0 amide bonds. The molecule has 0 saturated carbocycles. The van der Waals surface area contributed by atoms with Crippen molar-refractivity contribution in [3.8, 4) is 6.07 Å². The van der Waals surface area contributed by atoms with E-state index in [1.165, 1.54) is 5.56 Å². The molecule has 0 aliphatic heterocycles. The summed E-state index contributed by atoms with van der Waals surface area (Å²) in [5, 5.41) is 9.11. The predicted octanol–water partition coefficient (Wildman–Crippen LogP) is 5.31. The van der Waals surface area contributed by atoms with Crippen LogP contribution in [0.3, 0.4) is 0 Å². The Morgan fingerprint density at radius 3 is 2.21 bits per heavy atom. The Morgan fingerprint density at radius 2 is 1.84 bits per heavy atom. The molecule has 0 aliphatic rings.